The molecule has 2 aromatic rings. The lowest BCUT2D eigenvalue weighted by atomic mass is 10.2. The monoisotopic (exact) mass is 469 g/mol. The van der Waals surface area contributed by atoms with E-state index in [4.69, 9.17) is 9.73 Å². The van der Waals surface area contributed by atoms with E-state index in [2.05, 4.69) is 21.2 Å². The third kappa shape index (κ3) is 5.89. The lowest BCUT2D eigenvalue weighted by molar-refractivity contribution is -0.127. The van der Waals surface area contributed by atoms with Gasteiger partial charge in [-0.25, -0.2) is 4.39 Å². The largest absolute Gasteiger partial charge is 0.506 e. The number of aromatic hydroxyl groups is 1. The molecular weight excluding hydrogens is 437 g/mol. The quantitative estimate of drug-likeness (QED) is 0.281. The molecule has 182 valence electrons. The van der Waals surface area contributed by atoms with Gasteiger partial charge in [-0.15, -0.1) is 0 Å². The number of hydrogen-bond acceptors (Lipinski definition) is 5. The van der Waals surface area contributed by atoms with Gasteiger partial charge in [0.05, 0.1) is 12.8 Å². The molecule has 0 spiro atoms. The van der Waals surface area contributed by atoms with Gasteiger partial charge in [0.2, 0.25) is 5.91 Å². The number of nitrogens with zero attached hydrogens (tertiary/aromatic N) is 4. The van der Waals surface area contributed by atoms with Gasteiger partial charge in [0.25, 0.3) is 0 Å². The van der Waals surface area contributed by atoms with Gasteiger partial charge in [-0.1, -0.05) is 6.07 Å². The number of anilines is 2. The number of benzene rings is 2. The topological polar surface area (TPSA) is 80.6 Å². The molecule has 34 heavy (non-hydrogen) atoms. The number of phenols is 1. The van der Waals surface area contributed by atoms with Crippen LogP contribution in [0.15, 0.2) is 47.5 Å². The maximum absolute atomic E-state index is 13.8. The molecule has 0 unspecified atom stereocenters. The van der Waals surface area contributed by atoms with Gasteiger partial charge in [-0.3, -0.25) is 9.79 Å². The van der Waals surface area contributed by atoms with E-state index in [1.165, 1.54) is 18.2 Å². The summed E-state index contributed by atoms with van der Waals surface area (Å²) in [5.41, 5.74) is 1.38. The molecule has 2 N–H and O–H groups in total. The highest BCUT2D eigenvalue weighted by molar-refractivity contribution is 5.95. The summed E-state index contributed by atoms with van der Waals surface area (Å²) in [6.45, 7) is 5.02. The first-order chi connectivity index (χ1) is 16.5. The first-order valence-electron chi connectivity index (χ1n) is 11.8. The minimum atomic E-state index is -0.435. The van der Waals surface area contributed by atoms with Crippen LogP contribution in [0.4, 0.5) is 15.8 Å². The average molecular weight is 470 g/mol. The second kappa shape index (κ2) is 11.1. The van der Waals surface area contributed by atoms with Crippen molar-refractivity contribution in [3.05, 3.63) is 48.3 Å². The van der Waals surface area contributed by atoms with Gasteiger partial charge >= 0.3 is 0 Å². The van der Waals surface area contributed by atoms with E-state index in [-0.39, 0.29) is 17.3 Å². The van der Waals surface area contributed by atoms with Crippen LogP contribution in [0.25, 0.3) is 0 Å². The normalized spacial score (nSPS) is 16.8. The Hall–Kier alpha value is -3.49. The molecule has 1 amide bonds. The number of amides is 1. The summed E-state index contributed by atoms with van der Waals surface area (Å²) in [6, 6.07) is 11.8. The number of carbonyl (C=O) groups is 1. The van der Waals surface area contributed by atoms with Gasteiger partial charge in [0, 0.05) is 70.1 Å². The fraction of sp³-hybridized carbons (Fsp3) is 0.440. The second-order valence-corrected chi connectivity index (χ2v) is 8.51. The zero-order valence-electron chi connectivity index (χ0n) is 19.5. The van der Waals surface area contributed by atoms with Crippen LogP contribution in [0.5, 0.6) is 11.5 Å². The number of ether oxygens (including phenoxy) is 1. The molecule has 2 aliphatic heterocycles. The first-order valence-corrected chi connectivity index (χ1v) is 11.8. The number of rotatable bonds is 7. The van der Waals surface area contributed by atoms with E-state index in [1.807, 2.05) is 23.1 Å². The minimum Gasteiger partial charge on any atom is -0.506 e. The number of guanidine groups is 1. The van der Waals surface area contributed by atoms with Crippen LogP contribution in [0.3, 0.4) is 0 Å². The van der Waals surface area contributed by atoms with Gasteiger partial charge in [0.1, 0.15) is 17.3 Å². The number of carbonyl (C=O) groups excluding carboxylic acids is 1. The molecule has 2 aliphatic rings. The Morgan fingerprint density at radius 2 is 1.97 bits per heavy atom. The molecule has 0 aromatic heterocycles. The fourth-order valence-electron chi connectivity index (χ4n) is 4.32. The zero-order chi connectivity index (χ0) is 23.9. The molecule has 2 heterocycles. The lowest BCUT2D eigenvalue weighted by Crippen LogP contribution is -2.50. The molecule has 0 bridgehead atoms. The Labute approximate surface area is 199 Å². The third-order valence-corrected chi connectivity index (χ3v) is 6.22. The molecule has 0 radical (unpaired) electrons. The Bertz CT molecular complexity index is 1020. The summed E-state index contributed by atoms with van der Waals surface area (Å²) in [7, 11) is 1.66. The van der Waals surface area contributed by atoms with Crippen LogP contribution in [0, 0.1) is 5.82 Å². The van der Waals surface area contributed by atoms with E-state index in [0.717, 1.165) is 43.9 Å². The summed E-state index contributed by atoms with van der Waals surface area (Å²) >= 11 is 0. The molecule has 2 aromatic carbocycles. The van der Waals surface area contributed by atoms with Crippen LogP contribution in [-0.4, -0.2) is 79.7 Å². The van der Waals surface area contributed by atoms with E-state index < -0.39 is 5.82 Å². The minimum absolute atomic E-state index is 0.0354. The Morgan fingerprint density at radius 1 is 1.15 bits per heavy atom. The van der Waals surface area contributed by atoms with E-state index in [1.54, 1.807) is 7.11 Å². The van der Waals surface area contributed by atoms with Gasteiger partial charge in [0.15, 0.2) is 5.96 Å². The van der Waals surface area contributed by atoms with E-state index in [0.29, 0.717) is 38.6 Å². The van der Waals surface area contributed by atoms with Crippen molar-refractivity contribution in [2.75, 3.05) is 63.1 Å². The first kappa shape index (κ1) is 23.7. The molecule has 0 aliphatic carbocycles. The van der Waals surface area contributed by atoms with E-state index >= 15 is 0 Å². The average Bonchev–Trinajstić information content (AvgIpc) is 3.27. The number of piperazine rings is 1. The molecule has 2 fully saturated rings. The number of phenolic OH excluding ortho intramolecular Hbond substituents is 1. The zero-order valence-corrected chi connectivity index (χ0v) is 19.5. The van der Waals surface area contributed by atoms with Crippen molar-refractivity contribution in [1.29, 1.82) is 0 Å². The molecular formula is C25H32FN5O3. The third-order valence-electron chi connectivity index (χ3n) is 6.22. The summed E-state index contributed by atoms with van der Waals surface area (Å²) in [5.74, 6) is 1.16. The Morgan fingerprint density at radius 3 is 2.71 bits per heavy atom. The number of methoxy groups -OCH3 is 1. The number of aliphatic imine (C=N–C) groups is 1. The lowest BCUT2D eigenvalue weighted by Gasteiger charge is -2.38. The second-order valence-electron chi connectivity index (χ2n) is 8.51. The smallest absolute Gasteiger partial charge is 0.222 e. The number of hydrogen-bond donors (Lipinski definition) is 2. The summed E-state index contributed by atoms with van der Waals surface area (Å²) < 4.78 is 19.1. The van der Waals surface area contributed by atoms with Gasteiger partial charge in [-0.2, -0.15) is 0 Å². The predicted molar refractivity (Wildman–Crippen MR) is 131 cm³/mol. The molecule has 4 rings (SSSR count). The highest BCUT2D eigenvalue weighted by Crippen LogP contribution is 2.25. The van der Waals surface area contributed by atoms with Crippen LogP contribution >= 0.6 is 0 Å². The van der Waals surface area contributed by atoms with Crippen LogP contribution in [0.2, 0.25) is 0 Å². The number of nitrogens with one attached hydrogen (secondary N) is 1. The van der Waals surface area contributed by atoms with E-state index in [9.17, 15) is 14.3 Å². The highest BCUT2D eigenvalue weighted by atomic mass is 19.1. The van der Waals surface area contributed by atoms with Crippen molar-refractivity contribution in [1.82, 2.24) is 9.80 Å². The van der Waals surface area contributed by atoms with Gasteiger partial charge < -0.3 is 29.9 Å². The number of halogens is 1. The van der Waals surface area contributed by atoms with Crippen LogP contribution in [-0.2, 0) is 4.79 Å². The van der Waals surface area contributed by atoms with Crippen molar-refractivity contribution in [2.24, 2.45) is 4.99 Å². The molecule has 0 atom stereocenters. The summed E-state index contributed by atoms with van der Waals surface area (Å²) in [5, 5.41) is 13.3. The van der Waals surface area contributed by atoms with Crippen molar-refractivity contribution in [3.8, 4) is 11.5 Å². The molecule has 8 nitrogen and oxygen atoms in total. The fourth-order valence-corrected chi connectivity index (χ4v) is 4.32. The standard InChI is InChI=1S/C25H32FN5O3/c1-34-21-6-2-5-20(18-21)29-13-15-31(16-14-29)25(28-22-17-19(26)8-9-23(22)32)27-10-4-12-30-11-3-7-24(30)33/h2,5-6,8-9,17-18,32H,3-4,7,10-16H2,1H3,(H,27,28). The number of likely N-dealkylation sites (tertiary alicyclic amines) is 1. The van der Waals surface area contributed by atoms with Crippen LogP contribution < -0.4 is 15.0 Å². The van der Waals surface area contributed by atoms with Crippen molar-refractivity contribution in [2.45, 2.75) is 19.3 Å². The molecule has 2 saturated heterocycles. The Kier molecular flexibility index (Phi) is 7.72. The van der Waals surface area contributed by atoms with Crippen LogP contribution in [0.1, 0.15) is 19.3 Å². The highest BCUT2D eigenvalue weighted by Gasteiger charge is 2.22. The van der Waals surface area contributed by atoms with Gasteiger partial charge in [-0.05, 0) is 37.1 Å². The summed E-state index contributed by atoms with van der Waals surface area (Å²) in [4.78, 5) is 22.9. The maximum Gasteiger partial charge on any atom is 0.222 e. The maximum atomic E-state index is 13.8. The Balaban J connectivity index is 1.42. The summed E-state index contributed by atoms with van der Waals surface area (Å²) in [6.07, 6.45) is 2.30. The van der Waals surface area contributed by atoms with Crippen molar-refractivity contribution >= 4 is 23.2 Å². The van der Waals surface area contributed by atoms with Crippen molar-refractivity contribution in [3.63, 3.8) is 0 Å². The van der Waals surface area contributed by atoms with Crippen molar-refractivity contribution < 1.29 is 19.0 Å². The molecule has 0 saturated carbocycles. The SMILES string of the molecule is COc1cccc(N2CCN(C(=NCCCN3CCCC3=O)Nc3cc(F)ccc3O)CC2)c1. The predicted octanol–water partition coefficient (Wildman–Crippen LogP) is 3.14. The molecule has 9 heteroatoms.